The van der Waals surface area contributed by atoms with Gasteiger partial charge in [-0.05, 0) is 25.5 Å². The molecule has 2 rings (SSSR count). The third kappa shape index (κ3) is 2.72. The summed E-state index contributed by atoms with van der Waals surface area (Å²) in [6.45, 7) is 5.42. The second-order valence-corrected chi connectivity index (χ2v) is 5.93. The maximum Gasteiger partial charge on any atom is 0.103 e. The summed E-state index contributed by atoms with van der Waals surface area (Å²) in [6.07, 6.45) is 4.18. The van der Waals surface area contributed by atoms with Crippen LogP contribution in [-0.4, -0.2) is 12.0 Å². The molecule has 2 nitrogen and oxygen atoms in total. The highest BCUT2D eigenvalue weighted by molar-refractivity contribution is 7.11. The quantitative estimate of drug-likeness (QED) is 0.862. The van der Waals surface area contributed by atoms with Gasteiger partial charge in [0.1, 0.15) is 5.01 Å². The molecule has 0 atom stereocenters. The van der Waals surface area contributed by atoms with Crippen molar-refractivity contribution in [1.29, 1.82) is 0 Å². The summed E-state index contributed by atoms with van der Waals surface area (Å²) in [5.41, 5.74) is 1.45. The summed E-state index contributed by atoms with van der Waals surface area (Å²) in [5, 5.41) is 4.44. The van der Waals surface area contributed by atoms with E-state index in [4.69, 9.17) is 4.98 Å². The van der Waals surface area contributed by atoms with Crippen LogP contribution in [0.15, 0.2) is 36.5 Å². The van der Waals surface area contributed by atoms with Gasteiger partial charge in [0.25, 0.3) is 0 Å². The molecule has 0 radical (unpaired) electrons. The maximum absolute atomic E-state index is 4.70. The number of thiazole rings is 1. The molecule has 0 bridgehead atoms. The maximum atomic E-state index is 4.70. The number of rotatable bonds is 6. The number of hydrogen-bond acceptors (Lipinski definition) is 3. The van der Waals surface area contributed by atoms with Crippen LogP contribution in [0.25, 0.3) is 0 Å². The molecular weight excluding hydrogens is 252 g/mol. The van der Waals surface area contributed by atoms with Crippen LogP contribution in [0.1, 0.15) is 42.1 Å². The fourth-order valence-corrected chi connectivity index (χ4v) is 3.90. The largest absolute Gasteiger partial charge is 0.315 e. The van der Waals surface area contributed by atoms with E-state index in [0.717, 1.165) is 19.4 Å². The van der Waals surface area contributed by atoms with Crippen molar-refractivity contribution in [2.45, 2.75) is 38.6 Å². The fourth-order valence-electron chi connectivity index (χ4n) is 2.63. The average Bonchev–Trinajstić information content (AvgIpc) is 2.92. The Hall–Kier alpha value is -1.19. The lowest BCUT2D eigenvalue weighted by molar-refractivity contribution is 0.475. The molecule has 0 saturated carbocycles. The molecule has 1 aromatic heterocycles. The van der Waals surface area contributed by atoms with Gasteiger partial charge in [0.05, 0.1) is 0 Å². The van der Waals surface area contributed by atoms with Gasteiger partial charge in [-0.2, -0.15) is 0 Å². The molecule has 3 heteroatoms. The van der Waals surface area contributed by atoms with Crippen molar-refractivity contribution in [1.82, 2.24) is 10.3 Å². The fraction of sp³-hybridized carbons (Fsp3) is 0.438. The summed E-state index contributed by atoms with van der Waals surface area (Å²) in [7, 11) is 1.98. The minimum atomic E-state index is 0.0674. The Kier molecular flexibility index (Phi) is 4.72. The molecular formula is C16H22N2S. The third-order valence-corrected chi connectivity index (χ3v) is 5.05. The lowest BCUT2D eigenvalue weighted by Crippen LogP contribution is -2.25. The molecule has 0 saturated heterocycles. The molecule has 2 aromatic rings. The first-order chi connectivity index (χ1) is 9.26. The topological polar surface area (TPSA) is 24.9 Å². The SMILES string of the molecule is CCC(CC)(c1ccccc1)c1ncc(CNC)s1. The number of aromatic nitrogens is 1. The highest BCUT2D eigenvalue weighted by Gasteiger charge is 2.33. The minimum Gasteiger partial charge on any atom is -0.315 e. The number of hydrogen-bond donors (Lipinski definition) is 1. The van der Waals surface area contributed by atoms with E-state index >= 15 is 0 Å². The van der Waals surface area contributed by atoms with E-state index in [2.05, 4.69) is 49.5 Å². The molecule has 0 aliphatic heterocycles. The zero-order valence-corrected chi connectivity index (χ0v) is 12.8. The Bertz CT molecular complexity index is 500. The van der Waals surface area contributed by atoms with Crippen molar-refractivity contribution in [3.63, 3.8) is 0 Å². The number of benzene rings is 1. The zero-order valence-electron chi connectivity index (χ0n) is 11.9. The monoisotopic (exact) mass is 274 g/mol. The predicted molar refractivity (Wildman–Crippen MR) is 82.7 cm³/mol. The Morgan fingerprint density at radius 3 is 2.42 bits per heavy atom. The van der Waals surface area contributed by atoms with Gasteiger partial charge in [-0.3, -0.25) is 0 Å². The van der Waals surface area contributed by atoms with Gasteiger partial charge in [0.2, 0.25) is 0 Å². The molecule has 0 fully saturated rings. The highest BCUT2D eigenvalue weighted by Crippen LogP contribution is 2.40. The van der Waals surface area contributed by atoms with Gasteiger partial charge in [-0.1, -0.05) is 44.2 Å². The van der Waals surface area contributed by atoms with Crippen molar-refractivity contribution in [2.24, 2.45) is 0 Å². The average molecular weight is 274 g/mol. The lowest BCUT2D eigenvalue weighted by Gasteiger charge is -2.30. The molecule has 1 aromatic carbocycles. The van der Waals surface area contributed by atoms with E-state index in [9.17, 15) is 0 Å². The van der Waals surface area contributed by atoms with Gasteiger partial charge >= 0.3 is 0 Å². The molecule has 0 aliphatic rings. The van der Waals surface area contributed by atoms with Gasteiger partial charge in [0.15, 0.2) is 0 Å². The van der Waals surface area contributed by atoms with Gasteiger partial charge in [-0.25, -0.2) is 4.98 Å². The second kappa shape index (κ2) is 6.31. The van der Waals surface area contributed by atoms with Crippen molar-refractivity contribution >= 4 is 11.3 Å². The van der Waals surface area contributed by atoms with Crippen LogP contribution in [0.4, 0.5) is 0 Å². The number of nitrogens with zero attached hydrogens (tertiary/aromatic N) is 1. The Morgan fingerprint density at radius 1 is 1.16 bits per heavy atom. The van der Waals surface area contributed by atoms with Crippen molar-refractivity contribution in [2.75, 3.05) is 7.05 Å². The molecule has 102 valence electrons. The third-order valence-electron chi connectivity index (χ3n) is 3.85. The van der Waals surface area contributed by atoms with Gasteiger partial charge in [0, 0.05) is 23.0 Å². The van der Waals surface area contributed by atoms with Crippen LogP contribution < -0.4 is 5.32 Å². The minimum absolute atomic E-state index is 0.0674. The lowest BCUT2D eigenvalue weighted by atomic mass is 9.76. The van der Waals surface area contributed by atoms with Gasteiger partial charge < -0.3 is 5.32 Å². The summed E-state index contributed by atoms with van der Waals surface area (Å²) < 4.78 is 0. The van der Waals surface area contributed by atoms with E-state index in [1.807, 2.05) is 24.6 Å². The molecule has 0 unspecified atom stereocenters. The van der Waals surface area contributed by atoms with E-state index in [0.29, 0.717) is 0 Å². The van der Waals surface area contributed by atoms with Crippen LogP contribution >= 0.6 is 11.3 Å². The molecule has 1 N–H and O–H groups in total. The van der Waals surface area contributed by atoms with E-state index in [1.165, 1.54) is 15.4 Å². The van der Waals surface area contributed by atoms with E-state index in [-0.39, 0.29) is 5.41 Å². The van der Waals surface area contributed by atoms with E-state index in [1.54, 1.807) is 0 Å². The van der Waals surface area contributed by atoms with Gasteiger partial charge in [-0.15, -0.1) is 11.3 Å². The van der Waals surface area contributed by atoms with Crippen LogP contribution in [0, 0.1) is 0 Å². The first-order valence-electron chi connectivity index (χ1n) is 6.92. The zero-order chi connectivity index (χ0) is 13.7. The first kappa shape index (κ1) is 14.2. The molecule has 19 heavy (non-hydrogen) atoms. The molecule has 0 aliphatic carbocycles. The van der Waals surface area contributed by atoms with Crippen LogP contribution in [0.2, 0.25) is 0 Å². The van der Waals surface area contributed by atoms with Crippen LogP contribution in [0.5, 0.6) is 0 Å². The van der Waals surface area contributed by atoms with Crippen LogP contribution in [0.3, 0.4) is 0 Å². The first-order valence-corrected chi connectivity index (χ1v) is 7.73. The molecule has 1 heterocycles. The summed E-state index contributed by atoms with van der Waals surface area (Å²) >= 11 is 1.83. The predicted octanol–water partition coefficient (Wildman–Crippen LogP) is 3.97. The van der Waals surface area contributed by atoms with Crippen molar-refractivity contribution in [3.8, 4) is 0 Å². The van der Waals surface area contributed by atoms with Crippen molar-refractivity contribution < 1.29 is 0 Å². The second-order valence-electron chi connectivity index (χ2n) is 4.82. The molecule has 0 spiro atoms. The Labute approximate surface area is 119 Å². The van der Waals surface area contributed by atoms with E-state index < -0.39 is 0 Å². The standard InChI is InChI=1S/C16H22N2S/c1-4-16(5-2,13-9-7-6-8-10-13)15-18-12-14(19-15)11-17-3/h6-10,12,17H,4-5,11H2,1-3H3. The summed E-state index contributed by atoms with van der Waals surface area (Å²) in [4.78, 5) is 6.01. The summed E-state index contributed by atoms with van der Waals surface area (Å²) in [5.74, 6) is 0. The molecule has 0 amide bonds. The number of nitrogens with one attached hydrogen (secondary N) is 1. The Balaban J connectivity index is 2.43. The smallest absolute Gasteiger partial charge is 0.103 e. The van der Waals surface area contributed by atoms with Crippen molar-refractivity contribution in [3.05, 3.63) is 52.0 Å². The normalized spacial score (nSPS) is 11.7. The summed E-state index contributed by atoms with van der Waals surface area (Å²) in [6, 6.07) is 10.8. The highest BCUT2D eigenvalue weighted by atomic mass is 32.1. The Morgan fingerprint density at radius 2 is 1.84 bits per heavy atom. The van der Waals surface area contributed by atoms with Crippen LogP contribution in [-0.2, 0) is 12.0 Å².